The van der Waals surface area contributed by atoms with Crippen LogP contribution in [-0.4, -0.2) is 24.3 Å². The first-order chi connectivity index (χ1) is 5.74. The molecule has 1 saturated heterocycles. The molecule has 0 N–H and O–H groups in total. The molecule has 0 aliphatic carbocycles. The van der Waals surface area contributed by atoms with Crippen molar-refractivity contribution in [3.63, 3.8) is 0 Å². The summed E-state index contributed by atoms with van der Waals surface area (Å²) in [5.41, 5.74) is 0. The van der Waals surface area contributed by atoms with E-state index < -0.39 is 0 Å². The highest BCUT2D eigenvalue weighted by molar-refractivity contribution is 6.01. The van der Waals surface area contributed by atoms with Gasteiger partial charge in [0.15, 0.2) is 5.78 Å². The van der Waals surface area contributed by atoms with Gasteiger partial charge >= 0.3 is 0 Å². The Bertz CT molecular complexity index is 180. The van der Waals surface area contributed by atoms with E-state index in [1.165, 1.54) is 0 Å². The van der Waals surface area contributed by atoms with E-state index in [9.17, 15) is 9.59 Å². The van der Waals surface area contributed by atoms with Gasteiger partial charge in [-0.2, -0.15) is 0 Å². The van der Waals surface area contributed by atoms with E-state index in [1.54, 1.807) is 6.92 Å². The summed E-state index contributed by atoms with van der Waals surface area (Å²) in [5, 5.41) is 0. The first-order valence-corrected chi connectivity index (χ1v) is 4.40. The Morgan fingerprint density at radius 1 is 1.50 bits per heavy atom. The molecule has 1 atom stereocenters. The highest BCUT2D eigenvalue weighted by Gasteiger charge is 2.24. The van der Waals surface area contributed by atoms with Crippen molar-refractivity contribution in [2.24, 2.45) is 0 Å². The Kier molecular flexibility index (Phi) is 3.41. The Labute approximate surface area is 72.1 Å². The van der Waals surface area contributed by atoms with Crippen LogP contribution in [0.2, 0.25) is 0 Å². The molecule has 1 aliphatic heterocycles. The quantitative estimate of drug-likeness (QED) is 0.593. The van der Waals surface area contributed by atoms with Crippen molar-refractivity contribution >= 4 is 11.6 Å². The highest BCUT2D eigenvalue weighted by atomic mass is 16.5. The number of ketones is 2. The van der Waals surface area contributed by atoms with Crippen molar-refractivity contribution in [2.75, 3.05) is 6.61 Å². The van der Waals surface area contributed by atoms with E-state index in [0.29, 0.717) is 13.0 Å². The van der Waals surface area contributed by atoms with E-state index in [1.807, 2.05) is 0 Å². The molecule has 0 spiro atoms. The second-order valence-electron chi connectivity index (χ2n) is 3.04. The van der Waals surface area contributed by atoms with Gasteiger partial charge in [0.1, 0.15) is 11.9 Å². The molecule has 1 aliphatic rings. The monoisotopic (exact) mass is 170 g/mol. The van der Waals surface area contributed by atoms with E-state index in [0.717, 1.165) is 12.8 Å². The number of ether oxygens (including phenoxy) is 1. The van der Waals surface area contributed by atoms with Crippen LogP contribution in [0.3, 0.4) is 0 Å². The third-order valence-corrected chi connectivity index (χ3v) is 2.05. The summed E-state index contributed by atoms with van der Waals surface area (Å²) < 4.78 is 5.16. The molecule has 0 bridgehead atoms. The molecule has 68 valence electrons. The fourth-order valence-corrected chi connectivity index (χ4v) is 1.26. The SMILES string of the molecule is CCC(=O)CC(=O)C1CCCO1. The fourth-order valence-electron chi connectivity index (χ4n) is 1.26. The molecule has 1 rings (SSSR count). The summed E-state index contributed by atoms with van der Waals surface area (Å²) in [6.07, 6.45) is 1.94. The zero-order valence-electron chi connectivity index (χ0n) is 7.34. The third kappa shape index (κ3) is 2.41. The molecule has 3 heteroatoms. The van der Waals surface area contributed by atoms with Gasteiger partial charge in [0, 0.05) is 13.0 Å². The molecular formula is C9H14O3. The molecule has 0 saturated carbocycles. The van der Waals surface area contributed by atoms with E-state index >= 15 is 0 Å². The van der Waals surface area contributed by atoms with Crippen molar-refractivity contribution in [1.29, 1.82) is 0 Å². The largest absolute Gasteiger partial charge is 0.370 e. The van der Waals surface area contributed by atoms with Gasteiger partial charge in [-0.1, -0.05) is 6.92 Å². The standard InChI is InChI=1S/C9H14O3/c1-2-7(10)6-8(11)9-4-3-5-12-9/h9H,2-6H2,1H3. The summed E-state index contributed by atoms with van der Waals surface area (Å²) >= 11 is 0. The van der Waals surface area contributed by atoms with Crippen LogP contribution in [0.1, 0.15) is 32.6 Å². The predicted octanol–water partition coefficient (Wildman–Crippen LogP) is 1.10. The van der Waals surface area contributed by atoms with E-state index in [4.69, 9.17) is 4.74 Å². The molecule has 0 aromatic heterocycles. The minimum atomic E-state index is -0.291. The number of hydrogen-bond acceptors (Lipinski definition) is 3. The average molecular weight is 170 g/mol. The van der Waals surface area contributed by atoms with Crippen molar-refractivity contribution in [3.8, 4) is 0 Å². The zero-order valence-corrected chi connectivity index (χ0v) is 7.34. The van der Waals surface area contributed by atoms with Crippen LogP contribution < -0.4 is 0 Å². The van der Waals surface area contributed by atoms with Crippen molar-refractivity contribution in [1.82, 2.24) is 0 Å². The fraction of sp³-hybridized carbons (Fsp3) is 0.778. The van der Waals surface area contributed by atoms with Crippen LogP contribution in [0.4, 0.5) is 0 Å². The first kappa shape index (κ1) is 9.39. The van der Waals surface area contributed by atoms with Gasteiger partial charge < -0.3 is 4.74 Å². The molecule has 0 aromatic rings. The lowest BCUT2D eigenvalue weighted by Gasteiger charge is -2.05. The maximum atomic E-state index is 11.3. The summed E-state index contributed by atoms with van der Waals surface area (Å²) in [6, 6.07) is 0. The lowest BCUT2D eigenvalue weighted by atomic mass is 10.1. The van der Waals surface area contributed by atoms with Gasteiger partial charge in [-0.25, -0.2) is 0 Å². The van der Waals surface area contributed by atoms with Gasteiger partial charge in [-0.05, 0) is 12.8 Å². The Balaban J connectivity index is 2.32. The van der Waals surface area contributed by atoms with Crippen molar-refractivity contribution < 1.29 is 14.3 Å². The lowest BCUT2D eigenvalue weighted by Crippen LogP contribution is -2.21. The number of carbonyl (C=O) groups is 2. The first-order valence-electron chi connectivity index (χ1n) is 4.40. The van der Waals surface area contributed by atoms with Gasteiger partial charge in [0.2, 0.25) is 0 Å². The molecule has 1 heterocycles. The van der Waals surface area contributed by atoms with Crippen molar-refractivity contribution in [2.45, 2.75) is 38.7 Å². The molecule has 3 nitrogen and oxygen atoms in total. The van der Waals surface area contributed by atoms with Gasteiger partial charge in [0.25, 0.3) is 0 Å². The Morgan fingerprint density at radius 2 is 2.25 bits per heavy atom. The number of Topliss-reactive ketones (excluding diaryl/α,β-unsaturated/α-hetero) is 2. The van der Waals surface area contributed by atoms with E-state index in [2.05, 4.69) is 0 Å². The van der Waals surface area contributed by atoms with Crippen LogP contribution in [0.15, 0.2) is 0 Å². The maximum absolute atomic E-state index is 11.3. The van der Waals surface area contributed by atoms with Gasteiger partial charge in [0.05, 0.1) is 6.42 Å². The summed E-state index contributed by atoms with van der Waals surface area (Å²) in [5.74, 6) is -0.0325. The van der Waals surface area contributed by atoms with Crippen molar-refractivity contribution in [3.05, 3.63) is 0 Å². The number of hydrogen-bond donors (Lipinski definition) is 0. The smallest absolute Gasteiger partial charge is 0.168 e. The third-order valence-electron chi connectivity index (χ3n) is 2.05. The minimum Gasteiger partial charge on any atom is -0.370 e. The number of rotatable bonds is 4. The Hall–Kier alpha value is -0.700. The van der Waals surface area contributed by atoms with Crippen LogP contribution in [0.5, 0.6) is 0 Å². The van der Waals surface area contributed by atoms with Gasteiger partial charge in [-0.15, -0.1) is 0 Å². The second kappa shape index (κ2) is 4.36. The summed E-state index contributed by atoms with van der Waals surface area (Å²) in [6.45, 7) is 2.43. The molecule has 12 heavy (non-hydrogen) atoms. The average Bonchev–Trinajstić information content (AvgIpc) is 2.56. The maximum Gasteiger partial charge on any atom is 0.168 e. The molecule has 1 fully saturated rings. The summed E-state index contributed by atoms with van der Waals surface area (Å²) in [4.78, 5) is 22.2. The molecule has 0 amide bonds. The Morgan fingerprint density at radius 3 is 2.75 bits per heavy atom. The molecule has 1 unspecified atom stereocenters. The summed E-state index contributed by atoms with van der Waals surface area (Å²) in [7, 11) is 0. The molecule has 0 radical (unpaired) electrons. The van der Waals surface area contributed by atoms with Crippen LogP contribution in [0.25, 0.3) is 0 Å². The van der Waals surface area contributed by atoms with Crippen LogP contribution in [-0.2, 0) is 14.3 Å². The second-order valence-corrected chi connectivity index (χ2v) is 3.04. The molecule has 0 aromatic carbocycles. The number of carbonyl (C=O) groups excluding carboxylic acids is 2. The minimum absolute atomic E-state index is 0.00972. The topological polar surface area (TPSA) is 43.4 Å². The zero-order chi connectivity index (χ0) is 8.97. The molecular weight excluding hydrogens is 156 g/mol. The highest BCUT2D eigenvalue weighted by Crippen LogP contribution is 2.14. The predicted molar refractivity (Wildman–Crippen MR) is 43.9 cm³/mol. The van der Waals surface area contributed by atoms with Crippen LogP contribution >= 0.6 is 0 Å². The van der Waals surface area contributed by atoms with Crippen LogP contribution in [0, 0.1) is 0 Å². The normalized spacial score (nSPS) is 22.6. The van der Waals surface area contributed by atoms with Gasteiger partial charge in [-0.3, -0.25) is 9.59 Å². The lowest BCUT2D eigenvalue weighted by molar-refractivity contribution is -0.132. The van der Waals surface area contributed by atoms with E-state index in [-0.39, 0.29) is 24.1 Å².